The quantitative estimate of drug-likeness (QED) is 0.530. The number of aryl methyl sites for hydroxylation is 3. The first-order valence-electron chi connectivity index (χ1n) is 10.7. The zero-order valence-electron chi connectivity index (χ0n) is 19.1. The van der Waals surface area contributed by atoms with Crippen LogP contribution in [0.4, 0.5) is 5.69 Å². The van der Waals surface area contributed by atoms with Crippen LogP contribution >= 0.6 is 0 Å². The third-order valence-electron chi connectivity index (χ3n) is 5.11. The molecule has 0 bridgehead atoms. The van der Waals surface area contributed by atoms with Crippen molar-refractivity contribution in [2.75, 3.05) is 23.7 Å². The van der Waals surface area contributed by atoms with Crippen molar-refractivity contribution in [3.8, 4) is 5.75 Å². The Hall–Kier alpha value is -2.54. The average molecular weight is 447 g/mol. The van der Waals surface area contributed by atoms with E-state index in [4.69, 9.17) is 4.74 Å². The second-order valence-corrected chi connectivity index (χ2v) is 9.60. The molecule has 170 valence electrons. The maximum Gasteiger partial charge on any atom is 0.243 e. The minimum absolute atomic E-state index is 0.277. The molecule has 0 aliphatic rings. The van der Waals surface area contributed by atoms with Crippen LogP contribution in [0.25, 0.3) is 0 Å². The second-order valence-electron chi connectivity index (χ2n) is 7.74. The molecule has 0 aliphatic heterocycles. The number of carbonyl (C=O) groups is 1. The van der Waals surface area contributed by atoms with Gasteiger partial charge < -0.3 is 10.1 Å². The van der Waals surface area contributed by atoms with E-state index in [0.29, 0.717) is 25.3 Å². The lowest BCUT2D eigenvalue weighted by Crippen LogP contribution is -2.49. The Morgan fingerprint density at radius 3 is 2.35 bits per heavy atom. The van der Waals surface area contributed by atoms with Gasteiger partial charge in [-0.05, 0) is 74.9 Å². The first kappa shape index (κ1) is 24.7. The summed E-state index contributed by atoms with van der Waals surface area (Å²) in [7, 11) is -3.64. The Morgan fingerprint density at radius 2 is 1.77 bits per heavy atom. The van der Waals surface area contributed by atoms with E-state index in [2.05, 4.69) is 5.32 Å². The van der Waals surface area contributed by atoms with Gasteiger partial charge in [0.1, 0.15) is 11.8 Å². The summed E-state index contributed by atoms with van der Waals surface area (Å²) in [4.78, 5) is 12.9. The molecule has 0 heterocycles. The minimum atomic E-state index is -3.64. The molecule has 0 unspecified atom stereocenters. The van der Waals surface area contributed by atoms with Gasteiger partial charge in [-0.2, -0.15) is 0 Å². The van der Waals surface area contributed by atoms with Crippen LogP contribution in [0.15, 0.2) is 42.5 Å². The van der Waals surface area contributed by atoms with Crippen molar-refractivity contribution in [1.29, 1.82) is 0 Å². The SMILES string of the molecule is CCOc1ccc(CCCNC(=O)[C@H](CC)N(c2cc(C)ccc2C)S(C)(=O)=O)cc1. The highest BCUT2D eigenvalue weighted by Crippen LogP contribution is 2.27. The van der Waals surface area contributed by atoms with Crippen molar-refractivity contribution in [2.45, 2.75) is 53.0 Å². The van der Waals surface area contributed by atoms with E-state index in [0.717, 1.165) is 41.5 Å². The van der Waals surface area contributed by atoms with Crippen molar-refractivity contribution >= 4 is 21.6 Å². The van der Waals surface area contributed by atoms with E-state index in [1.54, 1.807) is 0 Å². The minimum Gasteiger partial charge on any atom is -0.494 e. The average Bonchev–Trinajstić information content (AvgIpc) is 2.71. The summed E-state index contributed by atoms with van der Waals surface area (Å²) in [6.07, 6.45) is 3.11. The standard InChI is InChI=1S/C24H34N2O4S/c1-6-22(26(31(5,28)29)23-17-18(3)10-11-19(23)4)24(27)25-16-8-9-20-12-14-21(15-13-20)30-7-2/h10-15,17,22H,6-9,16H2,1-5H3,(H,25,27)/t22-/m0/s1. The predicted molar refractivity (Wildman–Crippen MR) is 126 cm³/mol. The highest BCUT2D eigenvalue weighted by molar-refractivity contribution is 7.92. The molecule has 0 saturated carbocycles. The first-order chi connectivity index (χ1) is 14.7. The summed E-state index contributed by atoms with van der Waals surface area (Å²) < 4.78 is 32.0. The third kappa shape index (κ3) is 6.99. The fraction of sp³-hybridized carbons (Fsp3) is 0.458. The monoisotopic (exact) mass is 446 g/mol. The van der Waals surface area contributed by atoms with Gasteiger partial charge in [-0.15, -0.1) is 0 Å². The zero-order valence-corrected chi connectivity index (χ0v) is 20.0. The molecule has 1 N–H and O–H groups in total. The van der Waals surface area contributed by atoms with E-state index in [1.165, 1.54) is 4.31 Å². The maximum atomic E-state index is 12.9. The van der Waals surface area contributed by atoms with Crippen molar-refractivity contribution in [1.82, 2.24) is 5.32 Å². The van der Waals surface area contributed by atoms with Gasteiger partial charge >= 0.3 is 0 Å². The number of hydrogen-bond donors (Lipinski definition) is 1. The summed E-state index contributed by atoms with van der Waals surface area (Å²) >= 11 is 0. The summed E-state index contributed by atoms with van der Waals surface area (Å²) in [6.45, 7) is 8.65. The Morgan fingerprint density at radius 1 is 1.10 bits per heavy atom. The van der Waals surface area contributed by atoms with Gasteiger partial charge in [-0.25, -0.2) is 8.42 Å². The fourth-order valence-corrected chi connectivity index (χ4v) is 4.79. The number of ether oxygens (including phenoxy) is 1. The normalized spacial score (nSPS) is 12.3. The molecule has 1 atom stereocenters. The van der Waals surface area contributed by atoms with Gasteiger partial charge in [0.05, 0.1) is 18.6 Å². The van der Waals surface area contributed by atoms with E-state index in [1.807, 2.05) is 70.2 Å². The molecule has 1 amide bonds. The number of nitrogens with zero attached hydrogens (tertiary/aromatic N) is 1. The molecule has 0 radical (unpaired) electrons. The van der Waals surface area contributed by atoms with Crippen LogP contribution < -0.4 is 14.4 Å². The molecule has 7 heteroatoms. The summed E-state index contributed by atoms with van der Waals surface area (Å²) in [5.41, 5.74) is 3.48. The molecular formula is C24H34N2O4S. The number of anilines is 1. The fourth-order valence-electron chi connectivity index (χ4n) is 3.53. The van der Waals surface area contributed by atoms with Crippen molar-refractivity contribution in [2.24, 2.45) is 0 Å². The molecule has 2 aromatic rings. The largest absolute Gasteiger partial charge is 0.494 e. The topological polar surface area (TPSA) is 75.7 Å². The van der Waals surface area contributed by atoms with Gasteiger partial charge in [0, 0.05) is 6.54 Å². The van der Waals surface area contributed by atoms with Crippen LogP contribution in [-0.4, -0.2) is 39.8 Å². The van der Waals surface area contributed by atoms with Gasteiger partial charge in [0.25, 0.3) is 0 Å². The van der Waals surface area contributed by atoms with Crippen LogP contribution in [0.1, 0.15) is 43.4 Å². The van der Waals surface area contributed by atoms with Crippen molar-refractivity contribution < 1.29 is 17.9 Å². The van der Waals surface area contributed by atoms with E-state index in [9.17, 15) is 13.2 Å². The maximum absolute atomic E-state index is 12.9. The van der Waals surface area contributed by atoms with Gasteiger partial charge in [0.2, 0.25) is 15.9 Å². The predicted octanol–water partition coefficient (Wildman–Crippen LogP) is 4.00. The van der Waals surface area contributed by atoms with Gasteiger partial charge in [-0.1, -0.05) is 31.2 Å². The van der Waals surface area contributed by atoms with Crippen LogP contribution in [0.2, 0.25) is 0 Å². The van der Waals surface area contributed by atoms with Crippen molar-refractivity contribution in [3.05, 3.63) is 59.2 Å². The molecule has 6 nitrogen and oxygen atoms in total. The number of carbonyl (C=O) groups excluding carboxylic acids is 1. The van der Waals surface area contributed by atoms with Gasteiger partial charge in [-0.3, -0.25) is 9.10 Å². The molecule has 0 fully saturated rings. The van der Waals surface area contributed by atoms with Crippen LogP contribution in [0, 0.1) is 13.8 Å². The Balaban J connectivity index is 2.04. The molecule has 0 aromatic heterocycles. The zero-order chi connectivity index (χ0) is 23.0. The van der Waals surface area contributed by atoms with Crippen LogP contribution in [0.5, 0.6) is 5.75 Å². The van der Waals surface area contributed by atoms with E-state index in [-0.39, 0.29) is 5.91 Å². The molecule has 2 rings (SSSR count). The summed E-state index contributed by atoms with van der Waals surface area (Å²) in [5, 5.41) is 2.92. The number of nitrogens with one attached hydrogen (secondary N) is 1. The lowest BCUT2D eigenvalue weighted by Gasteiger charge is -2.31. The molecule has 2 aromatic carbocycles. The highest BCUT2D eigenvalue weighted by atomic mass is 32.2. The Bertz CT molecular complexity index is 972. The van der Waals surface area contributed by atoms with Crippen LogP contribution in [-0.2, 0) is 21.2 Å². The summed E-state index contributed by atoms with van der Waals surface area (Å²) in [5.74, 6) is 0.568. The lowest BCUT2D eigenvalue weighted by atomic mass is 10.1. The van der Waals surface area contributed by atoms with Gasteiger partial charge in [0.15, 0.2) is 0 Å². The lowest BCUT2D eigenvalue weighted by molar-refractivity contribution is -0.122. The number of hydrogen-bond acceptors (Lipinski definition) is 4. The number of sulfonamides is 1. The molecule has 0 saturated heterocycles. The van der Waals surface area contributed by atoms with E-state index >= 15 is 0 Å². The Kier molecular flexibility index (Phi) is 8.92. The smallest absolute Gasteiger partial charge is 0.243 e. The molecular weight excluding hydrogens is 412 g/mol. The van der Waals surface area contributed by atoms with Crippen LogP contribution in [0.3, 0.4) is 0 Å². The molecule has 0 spiro atoms. The van der Waals surface area contributed by atoms with Crippen molar-refractivity contribution in [3.63, 3.8) is 0 Å². The second kappa shape index (κ2) is 11.2. The summed E-state index contributed by atoms with van der Waals surface area (Å²) in [6, 6.07) is 12.8. The Labute approximate surface area is 186 Å². The molecule has 31 heavy (non-hydrogen) atoms. The molecule has 0 aliphatic carbocycles. The number of amides is 1. The first-order valence-corrected chi connectivity index (χ1v) is 12.6. The number of rotatable bonds is 11. The van der Waals surface area contributed by atoms with E-state index < -0.39 is 16.1 Å². The third-order valence-corrected chi connectivity index (χ3v) is 6.27. The highest BCUT2D eigenvalue weighted by Gasteiger charge is 2.32. The number of benzene rings is 2.